The van der Waals surface area contributed by atoms with Crippen LogP contribution in [-0.4, -0.2) is 22.6 Å². The third-order valence-electron chi connectivity index (χ3n) is 4.52. The molecule has 1 aliphatic heterocycles. The molecule has 1 saturated heterocycles. The number of aryl methyl sites for hydroxylation is 1. The van der Waals surface area contributed by atoms with Crippen LogP contribution in [0.25, 0.3) is 0 Å². The Labute approximate surface area is 145 Å². The van der Waals surface area contributed by atoms with E-state index < -0.39 is 17.5 Å². The van der Waals surface area contributed by atoms with E-state index in [9.17, 15) is 13.2 Å². The summed E-state index contributed by atoms with van der Waals surface area (Å²) >= 11 is 0. The molecule has 0 radical (unpaired) electrons. The van der Waals surface area contributed by atoms with E-state index in [2.05, 4.69) is 27.1 Å². The maximum absolute atomic E-state index is 13.9. The molecule has 1 aromatic carbocycles. The molecule has 1 fully saturated rings. The maximum atomic E-state index is 13.9. The predicted molar refractivity (Wildman–Crippen MR) is 91.6 cm³/mol. The second-order valence-corrected chi connectivity index (χ2v) is 6.29. The first-order chi connectivity index (χ1) is 12.0. The van der Waals surface area contributed by atoms with E-state index in [0.717, 1.165) is 49.5 Å². The molecular formula is C18H21F3N4. The lowest BCUT2D eigenvalue weighted by Gasteiger charge is -2.36. The standard InChI is InChI=1S/C18H21F3N4/c1-3-12-6-4-5-9-25(12)15-10-11(2)22-18(24-15)23-14-8-7-13(19)16(20)17(14)21/h7-8,10,12H,3-6,9H2,1-2H3,(H,22,23,24). The molecule has 7 heteroatoms. The summed E-state index contributed by atoms with van der Waals surface area (Å²) in [6.07, 6.45) is 4.42. The predicted octanol–water partition coefficient (Wildman–Crippen LogP) is 4.71. The molecule has 0 spiro atoms. The lowest BCUT2D eigenvalue weighted by molar-refractivity contribution is 0.446. The highest BCUT2D eigenvalue weighted by Crippen LogP contribution is 2.28. The van der Waals surface area contributed by atoms with Crippen molar-refractivity contribution in [2.45, 2.75) is 45.6 Å². The average Bonchev–Trinajstić information content (AvgIpc) is 2.61. The average molecular weight is 350 g/mol. The van der Waals surface area contributed by atoms with Crippen LogP contribution < -0.4 is 10.2 Å². The Kier molecular flexibility index (Phi) is 5.11. The van der Waals surface area contributed by atoms with Gasteiger partial charge in [0.2, 0.25) is 5.95 Å². The van der Waals surface area contributed by atoms with Gasteiger partial charge in [-0.1, -0.05) is 6.92 Å². The number of rotatable bonds is 4. The first-order valence-electron chi connectivity index (χ1n) is 8.52. The normalized spacial score (nSPS) is 17.6. The van der Waals surface area contributed by atoms with Gasteiger partial charge in [0.05, 0.1) is 5.69 Å². The number of nitrogens with one attached hydrogen (secondary N) is 1. The van der Waals surface area contributed by atoms with Crippen molar-refractivity contribution in [1.82, 2.24) is 9.97 Å². The van der Waals surface area contributed by atoms with Crippen LogP contribution in [0.15, 0.2) is 18.2 Å². The van der Waals surface area contributed by atoms with Gasteiger partial charge >= 0.3 is 0 Å². The molecule has 1 unspecified atom stereocenters. The molecule has 1 aliphatic rings. The number of aromatic nitrogens is 2. The minimum absolute atomic E-state index is 0.167. The Morgan fingerprint density at radius 2 is 1.96 bits per heavy atom. The Morgan fingerprint density at radius 1 is 1.16 bits per heavy atom. The fraction of sp³-hybridized carbons (Fsp3) is 0.444. The molecule has 2 heterocycles. The van der Waals surface area contributed by atoms with Crippen LogP contribution in [0, 0.1) is 24.4 Å². The van der Waals surface area contributed by atoms with Crippen LogP contribution in [0.2, 0.25) is 0 Å². The molecule has 0 aliphatic carbocycles. The van der Waals surface area contributed by atoms with Crippen molar-refractivity contribution < 1.29 is 13.2 Å². The molecule has 2 aromatic rings. The zero-order valence-corrected chi connectivity index (χ0v) is 14.3. The van der Waals surface area contributed by atoms with Gasteiger partial charge in [-0.15, -0.1) is 0 Å². The second kappa shape index (κ2) is 7.29. The van der Waals surface area contributed by atoms with E-state index in [0.29, 0.717) is 6.04 Å². The monoisotopic (exact) mass is 350 g/mol. The van der Waals surface area contributed by atoms with Crippen LogP contribution in [0.4, 0.5) is 30.6 Å². The van der Waals surface area contributed by atoms with Crippen molar-refractivity contribution in [3.8, 4) is 0 Å². The molecule has 25 heavy (non-hydrogen) atoms. The Hall–Kier alpha value is -2.31. The van der Waals surface area contributed by atoms with E-state index >= 15 is 0 Å². The number of halogens is 3. The fourth-order valence-electron chi connectivity index (χ4n) is 3.22. The molecule has 1 aromatic heterocycles. The molecule has 3 rings (SSSR count). The minimum Gasteiger partial charge on any atom is -0.353 e. The summed E-state index contributed by atoms with van der Waals surface area (Å²) < 4.78 is 40.3. The van der Waals surface area contributed by atoms with Gasteiger partial charge in [0.15, 0.2) is 17.5 Å². The van der Waals surface area contributed by atoms with Crippen molar-refractivity contribution >= 4 is 17.5 Å². The number of nitrogens with zero attached hydrogens (tertiary/aromatic N) is 3. The summed E-state index contributed by atoms with van der Waals surface area (Å²) in [6, 6.07) is 4.31. The number of anilines is 3. The van der Waals surface area contributed by atoms with Crippen molar-refractivity contribution in [1.29, 1.82) is 0 Å². The molecule has 0 bridgehead atoms. The largest absolute Gasteiger partial charge is 0.353 e. The topological polar surface area (TPSA) is 41.1 Å². The summed E-state index contributed by atoms with van der Waals surface area (Å²) in [4.78, 5) is 10.9. The summed E-state index contributed by atoms with van der Waals surface area (Å²) in [5.41, 5.74) is 0.525. The second-order valence-electron chi connectivity index (χ2n) is 6.29. The van der Waals surface area contributed by atoms with Crippen LogP contribution in [0.1, 0.15) is 38.3 Å². The van der Waals surface area contributed by atoms with Crippen LogP contribution >= 0.6 is 0 Å². The van der Waals surface area contributed by atoms with Gasteiger partial charge in [-0.25, -0.2) is 18.2 Å². The first-order valence-corrected chi connectivity index (χ1v) is 8.52. The third kappa shape index (κ3) is 3.70. The molecule has 0 amide bonds. The van der Waals surface area contributed by atoms with Crippen LogP contribution in [-0.2, 0) is 0 Å². The Balaban J connectivity index is 1.91. The van der Waals surface area contributed by atoms with Crippen molar-refractivity contribution in [3.05, 3.63) is 41.3 Å². The molecule has 1 atom stereocenters. The zero-order chi connectivity index (χ0) is 18.0. The fourth-order valence-corrected chi connectivity index (χ4v) is 3.22. The Morgan fingerprint density at radius 3 is 2.72 bits per heavy atom. The molecule has 0 saturated carbocycles. The minimum atomic E-state index is -1.51. The lowest BCUT2D eigenvalue weighted by atomic mass is 10.00. The van der Waals surface area contributed by atoms with E-state index in [4.69, 9.17) is 0 Å². The summed E-state index contributed by atoms with van der Waals surface area (Å²) in [6.45, 7) is 4.88. The van der Waals surface area contributed by atoms with Gasteiger partial charge in [0.25, 0.3) is 0 Å². The van der Waals surface area contributed by atoms with E-state index in [1.165, 1.54) is 6.42 Å². The number of benzene rings is 1. The quantitative estimate of drug-likeness (QED) is 0.811. The van der Waals surface area contributed by atoms with Gasteiger partial charge in [-0.2, -0.15) is 4.98 Å². The molecule has 134 valence electrons. The Bertz CT molecular complexity index is 766. The molecule has 4 nitrogen and oxygen atoms in total. The highest BCUT2D eigenvalue weighted by molar-refractivity contribution is 5.57. The molecular weight excluding hydrogens is 329 g/mol. The first kappa shape index (κ1) is 17.5. The number of hydrogen-bond acceptors (Lipinski definition) is 4. The van der Waals surface area contributed by atoms with Gasteiger partial charge < -0.3 is 10.2 Å². The van der Waals surface area contributed by atoms with E-state index in [1.807, 2.05) is 13.0 Å². The van der Waals surface area contributed by atoms with E-state index in [1.54, 1.807) is 0 Å². The SMILES string of the molecule is CCC1CCCCN1c1cc(C)nc(Nc2ccc(F)c(F)c2F)n1. The number of piperidine rings is 1. The molecule has 1 N–H and O–H groups in total. The smallest absolute Gasteiger partial charge is 0.229 e. The zero-order valence-electron chi connectivity index (χ0n) is 14.3. The number of hydrogen-bond donors (Lipinski definition) is 1. The summed E-state index contributed by atoms with van der Waals surface area (Å²) in [5, 5.41) is 2.66. The van der Waals surface area contributed by atoms with Gasteiger partial charge in [0.1, 0.15) is 5.82 Å². The van der Waals surface area contributed by atoms with Crippen molar-refractivity contribution in [2.24, 2.45) is 0 Å². The van der Waals surface area contributed by atoms with Gasteiger partial charge in [-0.3, -0.25) is 0 Å². The van der Waals surface area contributed by atoms with Gasteiger partial charge in [-0.05, 0) is 44.7 Å². The van der Waals surface area contributed by atoms with Crippen molar-refractivity contribution in [2.75, 3.05) is 16.8 Å². The van der Waals surface area contributed by atoms with Crippen LogP contribution in [0.3, 0.4) is 0 Å². The van der Waals surface area contributed by atoms with E-state index in [-0.39, 0.29) is 11.6 Å². The maximum Gasteiger partial charge on any atom is 0.229 e. The highest BCUT2D eigenvalue weighted by atomic mass is 19.2. The van der Waals surface area contributed by atoms with Crippen LogP contribution in [0.5, 0.6) is 0 Å². The summed E-state index contributed by atoms with van der Waals surface area (Å²) in [7, 11) is 0. The van der Waals surface area contributed by atoms with Gasteiger partial charge in [0, 0.05) is 24.3 Å². The third-order valence-corrected chi connectivity index (χ3v) is 4.52. The highest BCUT2D eigenvalue weighted by Gasteiger charge is 2.23. The summed E-state index contributed by atoms with van der Waals surface area (Å²) in [5.74, 6) is -3.09. The lowest BCUT2D eigenvalue weighted by Crippen LogP contribution is -2.39. The van der Waals surface area contributed by atoms with Crippen molar-refractivity contribution in [3.63, 3.8) is 0 Å².